The van der Waals surface area contributed by atoms with E-state index in [0.29, 0.717) is 12.5 Å². The van der Waals surface area contributed by atoms with Crippen LogP contribution >= 0.6 is 0 Å². The van der Waals surface area contributed by atoms with Crippen molar-refractivity contribution in [1.82, 2.24) is 15.0 Å². The summed E-state index contributed by atoms with van der Waals surface area (Å²) in [6, 6.07) is 4.49. The van der Waals surface area contributed by atoms with Crippen molar-refractivity contribution in [3.8, 4) is 0 Å². The van der Waals surface area contributed by atoms with Crippen molar-refractivity contribution in [3.05, 3.63) is 41.5 Å². The number of carbonyl (C=O) groups excluding carboxylic acids is 1. The molecule has 0 aromatic carbocycles. The van der Waals surface area contributed by atoms with E-state index in [-0.39, 0.29) is 11.9 Å². The summed E-state index contributed by atoms with van der Waals surface area (Å²) in [6.07, 6.45) is 6.04. The van der Waals surface area contributed by atoms with Gasteiger partial charge < -0.3 is 9.42 Å². The number of fused-ring (bicyclic) bond motifs is 1. The van der Waals surface area contributed by atoms with Crippen LogP contribution in [0, 0.1) is 13.8 Å². The average Bonchev–Trinajstić information content (AvgIpc) is 3.14. The van der Waals surface area contributed by atoms with E-state index in [1.54, 1.807) is 12.4 Å². The molecule has 0 saturated carbocycles. The van der Waals surface area contributed by atoms with E-state index in [2.05, 4.69) is 15.0 Å². The van der Waals surface area contributed by atoms with Gasteiger partial charge in [0, 0.05) is 37.3 Å². The molecule has 4 heterocycles. The molecule has 4 rings (SSSR count). The number of anilines is 1. The topological polar surface area (TPSA) is 62.5 Å². The minimum Gasteiger partial charge on any atom is -0.361 e. The van der Waals surface area contributed by atoms with Crippen molar-refractivity contribution in [3.63, 3.8) is 0 Å². The molecule has 2 aromatic rings. The maximum atomic E-state index is 12.5. The highest BCUT2D eigenvalue weighted by Gasteiger charge is 2.43. The molecule has 126 valence electrons. The molecule has 1 amide bonds. The molecule has 0 N–H and O–H groups in total. The molecule has 2 fully saturated rings. The van der Waals surface area contributed by atoms with Crippen LogP contribution in [0.4, 0.5) is 5.69 Å². The van der Waals surface area contributed by atoms with E-state index in [1.165, 1.54) is 5.56 Å². The Balaban J connectivity index is 1.58. The summed E-state index contributed by atoms with van der Waals surface area (Å²) in [6.45, 7) is 5.79. The third-order valence-corrected chi connectivity index (χ3v) is 5.35. The summed E-state index contributed by atoms with van der Waals surface area (Å²) in [7, 11) is 0. The Morgan fingerprint density at radius 2 is 2.17 bits per heavy atom. The maximum absolute atomic E-state index is 12.5. The summed E-state index contributed by atoms with van der Waals surface area (Å²) < 4.78 is 5.30. The Kier molecular flexibility index (Phi) is 3.84. The zero-order chi connectivity index (χ0) is 16.7. The number of rotatable bonds is 3. The number of aromatic nitrogens is 2. The van der Waals surface area contributed by atoms with E-state index in [0.717, 1.165) is 43.1 Å². The van der Waals surface area contributed by atoms with Crippen LogP contribution in [0.1, 0.15) is 36.3 Å². The third-order valence-electron chi connectivity index (χ3n) is 5.35. The van der Waals surface area contributed by atoms with E-state index in [1.807, 2.05) is 30.9 Å². The first-order valence-corrected chi connectivity index (χ1v) is 8.53. The van der Waals surface area contributed by atoms with Crippen LogP contribution in [0.25, 0.3) is 0 Å². The lowest BCUT2D eigenvalue weighted by molar-refractivity contribution is -0.120. The van der Waals surface area contributed by atoms with E-state index < -0.39 is 0 Å². The second-order valence-electron chi connectivity index (χ2n) is 6.71. The summed E-state index contributed by atoms with van der Waals surface area (Å²) in [5, 5.41) is 4.06. The van der Waals surface area contributed by atoms with Crippen LogP contribution in [0.2, 0.25) is 0 Å². The summed E-state index contributed by atoms with van der Waals surface area (Å²) in [4.78, 5) is 21.2. The van der Waals surface area contributed by atoms with Gasteiger partial charge in [-0.2, -0.15) is 0 Å². The fourth-order valence-electron chi connectivity index (χ4n) is 4.11. The number of nitrogens with zero attached hydrogens (tertiary/aromatic N) is 4. The van der Waals surface area contributed by atoms with E-state index in [4.69, 9.17) is 4.52 Å². The van der Waals surface area contributed by atoms with Gasteiger partial charge in [0.25, 0.3) is 0 Å². The smallest absolute Gasteiger partial charge is 0.227 e. The van der Waals surface area contributed by atoms with Gasteiger partial charge in [-0.15, -0.1) is 0 Å². The van der Waals surface area contributed by atoms with Crippen molar-refractivity contribution >= 4 is 11.6 Å². The van der Waals surface area contributed by atoms with Crippen molar-refractivity contribution in [2.45, 2.75) is 51.7 Å². The average molecular weight is 326 g/mol. The first-order chi connectivity index (χ1) is 11.6. The molecule has 6 heteroatoms. The second kappa shape index (κ2) is 6.02. The second-order valence-corrected chi connectivity index (χ2v) is 6.71. The highest BCUT2D eigenvalue weighted by Crippen LogP contribution is 2.35. The largest absolute Gasteiger partial charge is 0.361 e. The first kappa shape index (κ1) is 15.3. The number of likely N-dealkylation sites (tertiary alicyclic amines) is 1. The van der Waals surface area contributed by atoms with Crippen molar-refractivity contribution in [2.75, 3.05) is 11.4 Å². The van der Waals surface area contributed by atoms with Gasteiger partial charge in [0.2, 0.25) is 5.91 Å². The molecule has 2 aliphatic rings. The molecular formula is C18H22N4O2. The zero-order valence-electron chi connectivity index (χ0n) is 14.1. The first-order valence-electron chi connectivity index (χ1n) is 8.53. The minimum atomic E-state index is 0.212. The van der Waals surface area contributed by atoms with Crippen LogP contribution in [-0.2, 0) is 11.3 Å². The molecule has 0 unspecified atom stereocenters. The predicted octanol–water partition coefficient (Wildman–Crippen LogP) is 2.46. The van der Waals surface area contributed by atoms with Gasteiger partial charge in [-0.25, -0.2) is 0 Å². The Bertz CT molecular complexity index is 723. The molecule has 0 aliphatic carbocycles. The Labute approximate surface area is 141 Å². The third kappa shape index (κ3) is 2.51. The number of pyridine rings is 1. The quantitative estimate of drug-likeness (QED) is 0.867. The van der Waals surface area contributed by atoms with Gasteiger partial charge >= 0.3 is 0 Å². The van der Waals surface area contributed by atoms with Gasteiger partial charge in [-0.3, -0.25) is 14.7 Å². The lowest BCUT2D eigenvalue weighted by Crippen LogP contribution is -2.52. The molecule has 2 atom stereocenters. The number of hydrogen-bond donors (Lipinski definition) is 0. The zero-order valence-corrected chi connectivity index (χ0v) is 14.1. The van der Waals surface area contributed by atoms with Crippen LogP contribution in [-0.4, -0.2) is 39.6 Å². The highest BCUT2D eigenvalue weighted by molar-refractivity contribution is 5.95. The molecule has 2 saturated heterocycles. The molecule has 0 radical (unpaired) electrons. The van der Waals surface area contributed by atoms with Gasteiger partial charge in [0.15, 0.2) is 0 Å². The van der Waals surface area contributed by atoms with Crippen molar-refractivity contribution in [1.29, 1.82) is 0 Å². The summed E-state index contributed by atoms with van der Waals surface area (Å²) >= 11 is 0. The maximum Gasteiger partial charge on any atom is 0.227 e. The van der Waals surface area contributed by atoms with Crippen LogP contribution in [0.5, 0.6) is 0 Å². The SMILES string of the molecule is Cc1noc(C)c1CN1CC[C@@H]2[C@H]1CCC(=O)N2c1cccnc1. The molecule has 2 aromatic heterocycles. The monoisotopic (exact) mass is 326 g/mol. The Morgan fingerprint density at radius 1 is 1.29 bits per heavy atom. The standard InChI is InChI=1S/C18H22N4O2/c1-12-15(13(2)24-20-12)11-21-9-7-17-16(21)5-6-18(23)22(17)14-4-3-8-19-10-14/h3-4,8,10,16-17H,5-7,9,11H2,1-2H3/t16-,17-/m1/s1. The van der Waals surface area contributed by atoms with Crippen LogP contribution in [0.3, 0.4) is 0 Å². The van der Waals surface area contributed by atoms with Gasteiger partial charge in [-0.05, 0) is 38.8 Å². The summed E-state index contributed by atoms with van der Waals surface area (Å²) in [5.74, 6) is 1.11. The predicted molar refractivity (Wildman–Crippen MR) is 89.5 cm³/mol. The fraction of sp³-hybridized carbons (Fsp3) is 0.500. The number of aryl methyl sites for hydroxylation is 2. The van der Waals surface area contributed by atoms with Crippen LogP contribution in [0.15, 0.2) is 29.0 Å². The van der Waals surface area contributed by atoms with E-state index in [9.17, 15) is 4.79 Å². The molecule has 0 bridgehead atoms. The van der Waals surface area contributed by atoms with E-state index >= 15 is 0 Å². The minimum absolute atomic E-state index is 0.212. The molecule has 6 nitrogen and oxygen atoms in total. The number of carbonyl (C=O) groups is 1. The van der Waals surface area contributed by atoms with Crippen molar-refractivity contribution < 1.29 is 9.32 Å². The van der Waals surface area contributed by atoms with Gasteiger partial charge in [-0.1, -0.05) is 5.16 Å². The Hall–Kier alpha value is -2.21. The lowest BCUT2D eigenvalue weighted by atomic mass is 9.95. The molecule has 2 aliphatic heterocycles. The van der Waals surface area contributed by atoms with Crippen molar-refractivity contribution in [2.24, 2.45) is 0 Å². The number of hydrogen-bond acceptors (Lipinski definition) is 5. The lowest BCUT2D eigenvalue weighted by Gasteiger charge is -2.39. The van der Waals surface area contributed by atoms with Crippen LogP contribution < -0.4 is 4.90 Å². The highest BCUT2D eigenvalue weighted by atomic mass is 16.5. The number of amides is 1. The molecule has 24 heavy (non-hydrogen) atoms. The number of piperidine rings is 1. The normalized spacial score (nSPS) is 24.4. The summed E-state index contributed by atoms with van der Waals surface area (Å²) in [5.41, 5.74) is 3.06. The molecular weight excluding hydrogens is 304 g/mol. The molecule has 0 spiro atoms. The fourth-order valence-corrected chi connectivity index (χ4v) is 4.11. The van der Waals surface area contributed by atoms with Gasteiger partial charge in [0.1, 0.15) is 5.76 Å². The van der Waals surface area contributed by atoms with Gasteiger partial charge in [0.05, 0.1) is 23.6 Å². The Morgan fingerprint density at radius 3 is 2.88 bits per heavy atom.